The number of carbonyl (C=O) groups is 2. The van der Waals surface area contributed by atoms with Crippen molar-refractivity contribution in [3.05, 3.63) is 34.9 Å². The molecule has 4 fully saturated rings. The Morgan fingerprint density at radius 1 is 0.923 bits per heavy atom. The minimum Gasteiger partial charge on any atom is -0.350 e. The molecule has 0 atom stereocenters. The zero-order chi connectivity index (χ0) is 18.1. The Morgan fingerprint density at radius 2 is 1.50 bits per heavy atom. The van der Waals surface area contributed by atoms with E-state index < -0.39 is 0 Å². The summed E-state index contributed by atoms with van der Waals surface area (Å²) >= 11 is 5.85. The maximum atomic E-state index is 12.4. The molecule has 1 aromatic rings. The summed E-state index contributed by atoms with van der Waals surface area (Å²) in [5.74, 6) is 2.41. The summed E-state index contributed by atoms with van der Waals surface area (Å²) in [6, 6.07) is 7.37. The van der Waals surface area contributed by atoms with Crippen LogP contribution in [0.15, 0.2) is 24.3 Å². The number of nitrogens with one attached hydrogen (secondary N) is 2. The molecule has 5 rings (SSSR count). The average molecular weight is 375 g/mol. The van der Waals surface area contributed by atoms with Gasteiger partial charge >= 0.3 is 0 Å². The summed E-state index contributed by atoms with van der Waals surface area (Å²) in [6.45, 7) is 0.500. The highest BCUT2D eigenvalue weighted by Crippen LogP contribution is 2.61. The Morgan fingerprint density at radius 3 is 2.08 bits per heavy atom. The highest BCUT2D eigenvalue weighted by atomic mass is 35.5. The Bertz CT molecular complexity index is 650. The zero-order valence-corrected chi connectivity index (χ0v) is 15.9. The predicted molar refractivity (Wildman–Crippen MR) is 102 cm³/mol. The van der Waals surface area contributed by atoms with E-state index in [1.165, 1.54) is 38.5 Å². The SMILES string of the molecule is O=C(CNC(=O)CC12CC3CC(CC(C3)C1)C2)NCc1ccc(Cl)cc1. The second-order valence-electron chi connectivity index (χ2n) is 8.77. The van der Waals surface area contributed by atoms with Crippen molar-refractivity contribution >= 4 is 23.4 Å². The van der Waals surface area contributed by atoms with Crippen LogP contribution in [0.5, 0.6) is 0 Å². The first-order chi connectivity index (χ1) is 12.5. The van der Waals surface area contributed by atoms with E-state index in [0.717, 1.165) is 23.3 Å². The van der Waals surface area contributed by atoms with Gasteiger partial charge in [-0.25, -0.2) is 0 Å². The van der Waals surface area contributed by atoms with Gasteiger partial charge in [0.2, 0.25) is 11.8 Å². The molecular weight excluding hydrogens is 348 g/mol. The topological polar surface area (TPSA) is 58.2 Å². The molecule has 0 radical (unpaired) electrons. The third-order valence-corrected chi connectivity index (χ3v) is 6.80. The van der Waals surface area contributed by atoms with Crippen molar-refractivity contribution in [1.82, 2.24) is 10.6 Å². The van der Waals surface area contributed by atoms with Gasteiger partial charge in [0.15, 0.2) is 0 Å². The third-order valence-electron chi connectivity index (χ3n) is 6.55. The highest BCUT2D eigenvalue weighted by Gasteiger charge is 2.51. The Labute approximate surface area is 160 Å². The molecule has 140 valence electrons. The third kappa shape index (κ3) is 4.06. The summed E-state index contributed by atoms with van der Waals surface area (Å²) in [4.78, 5) is 24.4. The quantitative estimate of drug-likeness (QED) is 0.798. The van der Waals surface area contributed by atoms with Crippen LogP contribution in [0.25, 0.3) is 0 Å². The Hall–Kier alpha value is -1.55. The molecule has 0 aromatic heterocycles. The van der Waals surface area contributed by atoms with Gasteiger partial charge in [0.05, 0.1) is 6.54 Å². The average Bonchev–Trinajstić information content (AvgIpc) is 2.58. The standard InChI is InChI=1S/C21H27ClN2O2/c22-18-3-1-14(2-4-18)12-23-20(26)13-24-19(25)11-21-8-15-5-16(9-21)7-17(6-15)10-21/h1-4,15-17H,5-13H2,(H,23,26)(H,24,25). The number of rotatable bonds is 6. The van der Waals surface area contributed by atoms with E-state index in [2.05, 4.69) is 10.6 Å². The number of hydrogen-bond donors (Lipinski definition) is 2. The summed E-state index contributed by atoms with van der Waals surface area (Å²) < 4.78 is 0. The van der Waals surface area contributed by atoms with Gasteiger partial charge in [0.25, 0.3) is 0 Å². The summed E-state index contributed by atoms with van der Waals surface area (Å²) in [5.41, 5.74) is 1.21. The molecule has 4 saturated carbocycles. The molecule has 4 aliphatic rings. The normalized spacial score (nSPS) is 31.7. The van der Waals surface area contributed by atoms with Crippen LogP contribution in [0.1, 0.15) is 50.5 Å². The van der Waals surface area contributed by atoms with E-state index in [4.69, 9.17) is 11.6 Å². The van der Waals surface area contributed by atoms with Crippen LogP contribution in [-0.2, 0) is 16.1 Å². The van der Waals surface area contributed by atoms with Gasteiger partial charge in [0.1, 0.15) is 0 Å². The van der Waals surface area contributed by atoms with E-state index in [-0.39, 0.29) is 23.8 Å². The number of carbonyl (C=O) groups excluding carboxylic acids is 2. The molecule has 1 aromatic carbocycles. The fourth-order valence-corrected chi connectivity index (χ4v) is 6.08. The van der Waals surface area contributed by atoms with Crippen molar-refractivity contribution in [3.63, 3.8) is 0 Å². The molecule has 4 bridgehead atoms. The molecule has 26 heavy (non-hydrogen) atoms. The molecule has 0 saturated heterocycles. The molecule has 4 aliphatic carbocycles. The van der Waals surface area contributed by atoms with Crippen LogP contribution in [0, 0.1) is 23.2 Å². The monoisotopic (exact) mass is 374 g/mol. The molecule has 0 spiro atoms. The van der Waals surface area contributed by atoms with E-state index >= 15 is 0 Å². The lowest BCUT2D eigenvalue weighted by Gasteiger charge is -2.56. The van der Waals surface area contributed by atoms with Crippen molar-refractivity contribution in [1.29, 1.82) is 0 Å². The molecule has 2 N–H and O–H groups in total. The van der Waals surface area contributed by atoms with Crippen LogP contribution in [0.4, 0.5) is 0 Å². The first-order valence-corrected chi connectivity index (χ1v) is 10.2. The van der Waals surface area contributed by atoms with Crippen molar-refractivity contribution in [2.45, 2.75) is 51.5 Å². The van der Waals surface area contributed by atoms with Crippen LogP contribution in [-0.4, -0.2) is 18.4 Å². The number of hydrogen-bond acceptors (Lipinski definition) is 2. The van der Waals surface area contributed by atoms with E-state index in [0.29, 0.717) is 18.0 Å². The lowest BCUT2D eigenvalue weighted by molar-refractivity contribution is -0.131. The minimum absolute atomic E-state index is 0.0357. The van der Waals surface area contributed by atoms with Gasteiger partial charge in [-0.05, 0) is 79.4 Å². The van der Waals surface area contributed by atoms with Crippen LogP contribution in [0.3, 0.4) is 0 Å². The number of benzene rings is 1. The first-order valence-electron chi connectivity index (χ1n) is 9.77. The molecule has 2 amide bonds. The van der Waals surface area contributed by atoms with Gasteiger partial charge in [0, 0.05) is 18.0 Å². The Kier molecular flexibility index (Phi) is 4.96. The van der Waals surface area contributed by atoms with E-state index in [9.17, 15) is 9.59 Å². The van der Waals surface area contributed by atoms with Gasteiger partial charge in [-0.3, -0.25) is 9.59 Å². The summed E-state index contributed by atoms with van der Waals surface area (Å²) in [6.07, 6.45) is 8.40. The predicted octanol–water partition coefficient (Wildman–Crippen LogP) is 3.68. The van der Waals surface area contributed by atoms with Gasteiger partial charge in [-0.1, -0.05) is 23.7 Å². The zero-order valence-electron chi connectivity index (χ0n) is 15.1. The van der Waals surface area contributed by atoms with Crippen LogP contribution >= 0.6 is 11.6 Å². The smallest absolute Gasteiger partial charge is 0.239 e. The van der Waals surface area contributed by atoms with Gasteiger partial charge < -0.3 is 10.6 Å². The maximum Gasteiger partial charge on any atom is 0.239 e. The number of amides is 2. The van der Waals surface area contributed by atoms with Crippen molar-refractivity contribution in [2.24, 2.45) is 23.2 Å². The van der Waals surface area contributed by atoms with Crippen LogP contribution < -0.4 is 10.6 Å². The number of halogens is 1. The fraction of sp³-hybridized carbons (Fsp3) is 0.619. The molecular formula is C21H27ClN2O2. The summed E-state index contributed by atoms with van der Waals surface area (Å²) in [5, 5.41) is 6.35. The molecule has 0 heterocycles. The fourth-order valence-electron chi connectivity index (χ4n) is 5.95. The largest absolute Gasteiger partial charge is 0.350 e. The summed E-state index contributed by atoms with van der Waals surface area (Å²) in [7, 11) is 0. The van der Waals surface area contributed by atoms with Crippen molar-refractivity contribution in [2.75, 3.05) is 6.54 Å². The second-order valence-corrected chi connectivity index (χ2v) is 9.21. The second kappa shape index (κ2) is 7.22. The Balaban J connectivity index is 1.21. The molecule has 5 heteroatoms. The minimum atomic E-state index is -0.154. The van der Waals surface area contributed by atoms with Crippen LogP contribution in [0.2, 0.25) is 5.02 Å². The molecule has 0 unspecified atom stereocenters. The van der Waals surface area contributed by atoms with Gasteiger partial charge in [-0.2, -0.15) is 0 Å². The molecule has 0 aliphatic heterocycles. The first kappa shape index (κ1) is 17.8. The lowest BCUT2D eigenvalue weighted by Crippen LogP contribution is -2.48. The molecule has 4 nitrogen and oxygen atoms in total. The van der Waals surface area contributed by atoms with E-state index in [1.807, 2.05) is 12.1 Å². The van der Waals surface area contributed by atoms with Crippen molar-refractivity contribution in [3.8, 4) is 0 Å². The lowest BCUT2D eigenvalue weighted by atomic mass is 9.49. The van der Waals surface area contributed by atoms with E-state index in [1.54, 1.807) is 12.1 Å². The maximum absolute atomic E-state index is 12.4. The van der Waals surface area contributed by atoms with Crippen molar-refractivity contribution < 1.29 is 9.59 Å². The van der Waals surface area contributed by atoms with Gasteiger partial charge in [-0.15, -0.1) is 0 Å². The highest BCUT2D eigenvalue weighted by molar-refractivity contribution is 6.30.